The van der Waals surface area contributed by atoms with Gasteiger partial charge in [0.05, 0.1) is 11.9 Å². The first-order valence-electron chi connectivity index (χ1n) is 6.49. The van der Waals surface area contributed by atoms with Crippen LogP contribution in [0, 0.1) is 11.7 Å². The topological polar surface area (TPSA) is 57.6 Å². The number of aliphatic hydroxyl groups excluding tert-OH is 1. The predicted molar refractivity (Wildman–Crippen MR) is 77.7 cm³/mol. The monoisotopic (exact) mass is 303 g/mol. The standard InChI is InChI=1S/C14H22FNO3S/c1-11(10-16(2)8-9-20(3,18)19)14(17)12-6-4-5-7-13(12)15/h4-7,11,14,17H,8-10H2,1-3H3. The molecule has 0 radical (unpaired) electrons. The normalized spacial score (nSPS) is 15.3. The lowest BCUT2D eigenvalue weighted by Crippen LogP contribution is -2.31. The van der Waals surface area contributed by atoms with E-state index in [1.54, 1.807) is 25.2 Å². The summed E-state index contributed by atoms with van der Waals surface area (Å²) in [7, 11) is -1.21. The molecule has 1 aromatic carbocycles. The molecule has 0 aliphatic carbocycles. The van der Waals surface area contributed by atoms with Crippen LogP contribution in [0.1, 0.15) is 18.6 Å². The van der Waals surface area contributed by atoms with Gasteiger partial charge in [0.2, 0.25) is 0 Å². The van der Waals surface area contributed by atoms with Crippen molar-refractivity contribution in [1.82, 2.24) is 4.90 Å². The molecule has 0 aliphatic heterocycles. The van der Waals surface area contributed by atoms with Crippen LogP contribution >= 0.6 is 0 Å². The van der Waals surface area contributed by atoms with Gasteiger partial charge in [0.1, 0.15) is 15.7 Å². The fourth-order valence-electron chi connectivity index (χ4n) is 2.03. The lowest BCUT2D eigenvalue weighted by molar-refractivity contribution is 0.0931. The van der Waals surface area contributed by atoms with Crippen molar-refractivity contribution in [3.05, 3.63) is 35.6 Å². The van der Waals surface area contributed by atoms with Crippen molar-refractivity contribution in [2.75, 3.05) is 32.1 Å². The molecule has 2 unspecified atom stereocenters. The van der Waals surface area contributed by atoms with E-state index in [9.17, 15) is 17.9 Å². The summed E-state index contributed by atoms with van der Waals surface area (Å²) >= 11 is 0. The van der Waals surface area contributed by atoms with E-state index in [-0.39, 0.29) is 17.2 Å². The number of halogens is 1. The number of sulfone groups is 1. The van der Waals surface area contributed by atoms with Gasteiger partial charge >= 0.3 is 0 Å². The van der Waals surface area contributed by atoms with Gasteiger partial charge in [0, 0.05) is 24.9 Å². The van der Waals surface area contributed by atoms with Crippen LogP contribution < -0.4 is 0 Å². The van der Waals surface area contributed by atoms with Gasteiger partial charge in [-0.2, -0.15) is 0 Å². The lowest BCUT2D eigenvalue weighted by atomic mass is 9.96. The van der Waals surface area contributed by atoms with Crippen molar-refractivity contribution < 1.29 is 17.9 Å². The van der Waals surface area contributed by atoms with Crippen LogP contribution in [0.15, 0.2) is 24.3 Å². The number of hydrogen-bond donors (Lipinski definition) is 1. The highest BCUT2D eigenvalue weighted by atomic mass is 32.2. The third kappa shape index (κ3) is 5.56. The average molecular weight is 303 g/mol. The Morgan fingerprint density at radius 1 is 1.35 bits per heavy atom. The van der Waals surface area contributed by atoms with Crippen molar-refractivity contribution in [1.29, 1.82) is 0 Å². The highest BCUT2D eigenvalue weighted by molar-refractivity contribution is 7.90. The first-order valence-corrected chi connectivity index (χ1v) is 8.55. The molecule has 0 amide bonds. The van der Waals surface area contributed by atoms with Gasteiger partial charge in [0.15, 0.2) is 0 Å². The minimum Gasteiger partial charge on any atom is -0.388 e. The van der Waals surface area contributed by atoms with Gasteiger partial charge < -0.3 is 10.0 Å². The summed E-state index contributed by atoms with van der Waals surface area (Å²) in [6.45, 7) is 2.70. The van der Waals surface area contributed by atoms with Gasteiger partial charge in [-0.15, -0.1) is 0 Å². The maximum Gasteiger partial charge on any atom is 0.148 e. The molecule has 4 nitrogen and oxygen atoms in total. The molecule has 2 atom stereocenters. The second-order valence-electron chi connectivity index (χ2n) is 5.34. The third-order valence-electron chi connectivity index (χ3n) is 3.21. The fraction of sp³-hybridized carbons (Fsp3) is 0.571. The number of hydrogen-bond acceptors (Lipinski definition) is 4. The molecular formula is C14H22FNO3S. The number of rotatable bonds is 7. The maximum absolute atomic E-state index is 13.6. The smallest absolute Gasteiger partial charge is 0.148 e. The zero-order valence-corrected chi connectivity index (χ0v) is 12.9. The van der Waals surface area contributed by atoms with Crippen molar-refractivity contribution in [2.45, 2.75) is 13.0 Å². The largest absolute Gasteiger partial charge is 0.388 e. The summed E-state index contributed by atoms with van der Waals surface area (Å²) in [6, 6.07) is 6.14. The number of nitrogens with zero attached hydrogens (tertiary/aromatic N) is 1. The molecule has 1 N–H and O–H groups in total. The van der Waals surface area contributed by atoms with Crippen molar-refractivity contribution >= 4 is 9.84 Å². The molecular weight excluding hydrogens is 281 g/mol. The van der Waals surface area contributed by atoms with Crippen LogP contribution in [0.3, 0.4) is 0 Å². The van der Waals surface area contributed by atoms with Gasteiger partial charge in [-0.1, -0.05) is 25.1 Å². The highest BCUT2D eigenvalue weighted by Crippen LogP contribution is 2.24. The quantitative estimate of drug-likeness (QED) is 0.829. The SMILES string of the molecule is CC(CN(C)CCS(C)(=O)=O)C(O)c1ccccc1F. The zero-order chi connectivity index (χ0) is 15.3. The first kappa shape index (κ1) is 17.1. The third-order valence-corrected chi connectivity index (χ3v) is 4.13. The average Bonchev–Trinajstić information content (AvgIpc) is 2.35. The number of aliphatic hydroxyl groups is 1. The van der Waals surface area contributed by atoms with Crippen LogP contribution in [-0.4, -0.2) is 50.6 Å². The van der Waals surface area contributed by atoms with E-state index in [4.69, 9.17) is 0 Å². The molecule has 20 heavy (non-hydrogen) atoms. The molecule has 1 rings (SSSR count). The summed E-state index contributed by atoms with van der Waals surface area (Å²) < 4.78 is 35.8. The molecule has 0 spiro atoms. The Morgan fingerprint density at radius 2 is 1.95 bits per heavy atom. The molecule has 0 saturated carbocycles. The Kier molecular flexibility index (Phi) is 6.10. The Bertz CT molecular complexity index is 533. The zero-order valence-electron chi connectivity index (χ0n) is 12.1. The Labute approximate surface area is 120 Å². The summed E-state index contributed by atoms with van der Waals surface area (Å²) in [5, 5.41) is 10.2. The van der Waals surface area contributed by atoms with Crippen molar-refractivity contribution in [2.24, 2.45) is 5.92 Å². The van der Waals surface area contributed by atoms with E-state index in [1.807, 2.05) is 11.8 Å². The molecule has 114 valence electrons. The van der Waals surface area contributed by atoms with Gasteiger partial charge in [0.25, 0.3) is 0 Å². The number of benzene rings is 1. The lowest BCUT2D eigenvalue weighted by Gasteiger charge is -2.25. The highest BCUT2D eigenvalue weighted by Gasteiger charge is 2.21. The molecule has 1 aromatic rings. The van der Waals surface area contributed by atoms with Gasteiger partial charge in [-0.05, 0) is 19.0 Å². The van der Waals surface area contributed by atoms with Crippen LogP contribution in [0.2, 0.25) is 0 Å². The molecule has 6 heteroatoms. The van der Waals surface area contributed by atoms with Crippen LogP contribution in [0.25, 0.3) is 0 Å². The fourth-order valence-corrected chi connectivity index (χ4v) is 2.67. The van der Waals surface area contributed by atoms with Gasteiger partial charge in [-0.3, -0.25) is 0 Å². The van der Waals surface area contributed by atoms with Crippen LogP contribution in [0.4, 0.5) is 4.39 Å². The van der Waals surface area contributed by atoms with Crippen LogP contribution in [-0.2, 0) is 9.84 Å². The summed E-state index contributed by atoms with van der Waals surface area (Å²) in [5.41, 5.74) is 0.275. The summed E-state index contributed by atoms with van der Waals surface area (Å²) in [6.07, 6.45) is 0.287. The molecule has 0 aromatic heterocycles. The molecule has 0 fully saturated rings. The molecule has 0 heterocycles. The van der Waals surface area contributed by atoms with Gasteiger partial charge in [-0.25, -0.2) is 12.8 Å². The molecule has 0 aliphatic rings. The summed E-state index contributed by atoms with van der Waals surface area (Å²) in [5.74, 6) is -0.548. The van der Waals surface area contributed by atoms with Crippen molar-refractivity contribution in [3.8, 4) is 0 Å². The van der Waals surface area contributed by atoms with E-state index in [1.165, 1.54) is 12.3 Å². The minimum atomic E-state index is -3.00. The van der Waals surface area contributed by atoms with E-state index < -0.39 is 21.8 Å². The van der Waals surface area contributed by atoms with Crippen LogP contribution in [0.5, 0.6) is 0 Å². The maximum atomic E-state index is 13.6. The van der Waals surface area contributed by atoms with E-state index >= 15 is 0 Å². The molecule has 0 bridgehead atoms. The first-order chi connectivity index (χ1) is 9.20. The second-order valence-corrected chi connectivity index (χ2v) is 7.60. The van der Waals surface area contributed by atoms with E-state index in [0.29, 0.717) is 13.1 Å². The minimum absolute atomic E-state index is 0.0754. The van der Waals surface area contributed by atoms with E-state index in [2.05, 4.69) is 0 Å². The second kappa shape index (κ2) is 7.15. The Hall–Kier alpha value is -0.980. The summed E-state index contributed by atoms with van der Waals surface area (Å²) in [4.78, 5) is 1.83. The Balaban J connectivity index is 2.58. The Morgan fingerprint density at radius 3 is 2.50 bits per heavy atom. The molecule has 0 saturated heterocycles. The van der Waals surface area contributed by atoms with E-state index in [0.717, 1.165) is 0 Å². The predicted octanol–water partition coefficient (Wildman–Crippen LogP) is 1.47. The van der Waals surface area contributed by atoms with Crippen molar-refractivity contribution in [3.63, 3.8) is 0 Å².